The summed E-state index contributed by atoms with van der Waals surface area (Å²) in [5.74, 6) is -2.09. The summed E-state index contributed by atoms with van der Waals surface area (Å²) in [5, 5.41) is 0. The van der Waals surface area contributed by atoms with E-state index in [1.165, 1.54) is 27.9 Å². The zero-order valence-corrected chi connectivity index (χ0v) is 34.8. The first-order chi connectivity index (χ1) is 29.7. The van der Waals surface area contributed by atoms with Crippen molar-refractivity contribution in [2.24, 2.45) is 0 Å². The van der Waals surface area contributed by atoms with Crippen molar-refractivity contribution < 1.29 is 66.5 Å². The molecule has 2 saturated heterocycles. The Kier molecular flexibility index (Phi) is 17.3. The average molecular weight is 843 g/mol. The molecule has 0 saturated carbocycles. The van der Waals surface area contributed by atoms with Crippen LogP contribution in [0.1, 0.15) is 43.0 Å². The van der Waals surface area contributed by atoms with E-state index < -0.39 is 79.3 Å². The SMILES string of the molecule is CO[C@H]1O[C@H](CO[C@@H]2O[C@@H]([C@@H](COCc3ccccc3)OCc3ccccc3)[C@H](OCc3ccccc3)[C@H]2OCc2ccccc2)[C@@H](OC(C)=O)[C@H](OC(C)=O)[C@H]1OC(C)=O. The molecule has 10 atom stereocenters. The molecular formula is C47H54O14. The van der Waals surface area contributed by atoms with Crippen LogP contribution in [0.2, 0.25) is 0 Å². The summed E-state index contributed by atoms with van der Waals surface area (Å²) in [4.78, 5) is 37.1. The van der Waals surface area contributed by atoms with Gasteiger partial charge in [-0.2, -0.15) is 0 Å². The predicted molar refractivity (Wildman–Crippen MR) is 218 cm³/mol. The largest absolute Gasteiger partial charge is 0.456 e. The topological polar surface area (TPSA) is 153 Å². The number of rotatable bonds is 21. The third-order valence-electron chi connectivity index (χ3n) is 10.00. The Hall–Kier alpha value is -5.03. The Morgan fingerprint density at radius 1 is 0.508 bits per heavy atom. The van der Waals surface area contributed by atoms with E-state index in [0.717, 1.165) is 22.3 Å². The van der Waals surface area contributed by atoms with E-state index in [4.69, 9.17) is 52.1 Å². The molecule has 0 radical (unpaired) electrons. The van der Waals surface area contributed by atoms with Crippen molar-refractivity contribution in [1.29, 1.82) is 0 Å². The van der Waals surface area contributed by atoms with E-state index in [-0.39, 0.29) is 33.0 Å². The third-order valence-corrected chi connectivity index (χ3v) is 10.00. The number of carbonyl (C=O) groups excluding carboxylic acids is 3. The molecule has 4 aromatic rings. The first-order valence-electron chi connectivity index (χ1n) is 20.2. The molecule has 2 fully saturated rings. The average Bonchev–Trinajstić information content (AvgIpc) is 3.61. The molecular weight excluding hydrogens is 789 g/mol. The summed E-state index contributed by atoms with van der Waals surface area (Å²) in [6, 6.07) is 39.0. The molecule has 0 N–H and O–H groups in total. The van der Waals surface area contributed by atoms with Gasteiger partial charge in [-0.1, -0.05) is 121 Å². The Bertz CT molecular complexity index is 1920. The molecule has 0 aliphatic carbocycles. The second-order valence-corrected chi connectivity index (χ2v) is 14.7. The number of hydrogen-bond acceptors (Lipinski definition) is 14. The highest BCUT2D eigenvalue weighted by molar-refractivity contribution is 5.68. The summed E-state index contributed by atoms with van der Waals surface area (Å²) < 4.78 is 68.3. The highest BCUT2D eigenvalue weighted by Gasteiger charge is 2.54. The predicted octanol–water partition coefficient (Wildman–Crippen LogP) is 5.87. The number of esters is 3. The normalized spacial score (nSPS) is 25.3. The van der Waals surface area contributed by atoms with Crippen LogP contribution in [-0.2, 0) is 92.9 Å². The summed E-state index contributed by atoms with van der Waals surface area (Å²) in [6.45, 7) is 4.43. The second-order valence-electron chi connectivity index (χ2n) is 14.7. The molecule has 61 heavy (non-hydrogen) atoms. The highest BCUT2D eigenvalue weighted by atomic mass is 16.8. The number of hydrogen-bond donors (Lipinski definition) is 0. The van der Waals surface area contributed by atoms with E-state index in [1.807, 2.05) is 121 Å². The van der Waals surface area contributed by atoms with Crippen LogP contribution in [0, 0.1) is 0 Å². The standard InChI is InChI=1S/C47H54O14/c1-31(48)57-41-39(60-46(51-4)45(59-33(3)50)43(41)58-32(2)49)30-56-47-44(55-28-37-23-15-8-16-24-37)42(54-27-36-21-13-7-14-22-36)40(61-47)38(53-26-35-19-11-6-12-20-35)29-52-25-34-17-9-5-10-18-34/h5-24,38-47H,25-30H2,1-4H3/t38-,39-,40+,41-,42+,43+,44-,45-,46+,47-/m1/s1. The van der Waals surface area contributed by atoms with Gasteiger partial charge in [0.2, 0.25) is 0 Å². The van der Waals surface area contributed by atoms with Gasteiger partial charge in [0.1, 0.15) is 30.5 Å². The van der Waals surface area contributed by atoms with Gasteiger partial charge in [-0.3, -0.25) is 14.4 Å². The minimum Gasteiger partial charge on any atom is -0.456 e. The fourth-order valence-electron chi connectivity index (χ4n) is 7.23. The molecule has 326 valence electrons. The van der Waals surface area contributed by atoms with Gasteiger partial charge in [0.25, 0.3) is 0 Å². The Labute approximate surface area is 356 Å². The monoisotopic (exact) mass is 842 g/mol. The van der Waals surface area contributed by atoms with Crippen molar-refractivity contribution in [2.75, 3.05) is 20.3 Å². The minimum atomic E-state index is -1.31. The molecule has 14 heteroatoms. The molecule has 0 amide bonds. The molecule has 2 aliphatic heterocycles. The molecule has 2 heterocycles. The Morgan fingerprint density at radius 3 is 1.48 bits per heavy atom. The third kappa shape index (κ3) is 13.5. The lowest BCUT2D eigenvalue weighted by Crippen LogP contribution is -2.62. The van der Waals surface area contributed by atoms with Crippen molar-refractivity contribution >= 4 is 17.9 Å². The molecule has 14 nitrogen and oxygen atoms in total. The van der Waals surface area contributed by atoms with Crippen LogP contribution >= 0.6 is 0 Å². The second kappa shape index (κ2) is 23.3. The van der Waals surface area contributed by atoms with Crippen molar-refractivity contribution in [3.63, 3.8) is 0 Å². The zero-order chi connectivity index (χ0) is 43.0. The maximum Gasteiger partial charge on any atom is 0.303 e. The molecule has 2 aliphatic rings. The molecule has 0 unspecified atom stereocenters. The lowest BCUT2D eigenvalue weighted by molar-refractivity contribution is -0.311. The summed E-state index contributed by atoms with van der Waals surface area (Å²) in [7, 11) is 1.35. The highest BCUT2D eigenvalue weighted by Crippen LogP contribution is 2.35. The molecule has 6 rings (SSSR count). The zero-order valence-electron chi connectivity index (χ0n) is 34.8. The van der Waals surface area contributed by atoms with Crippen LogP contribution < -0.4 is 0 Å². The number of benzene rings is 4. The van der Waals surface area contributed by atoms with E-state index in [1.54, 1.807) is 0 Å². The van der Waals surface area contributed by atoms with Gasteiger partial charge in [-0.25, -0.2) is 0 Å². The van der Waals surface area contributed by atoms with E-state index >= 15 is 0 Å². The summed E-state index contributed by atoms with van der Waals surface area (Å²) in [5.41, 5.74) is 3.78. The summed E-state index contributed by atoms with van der Waals surface area (Å²) in [6.07, 6.45) is -10.4. The fraction of sp³-hybridized carbons (Fsp3) is 0.426. The number of ether oxygens (including phenoxy) is 11. The van der Waals surface area contributed by atoms with Crippen LogP contribution in [0.4, 0.5) is 0 Å². The first-order valence-corrected chi connectivity index (χ1v) is 20.2. The Balaban J connectivity index is 1.32. The van der Waals surface area contributed by atoms with Gasteiger partial charge < -0.3 is 52.1 Å². The first kappa shape index (κ1) is 45.5. The quantitative estimate of drug-likeness (QED) is 0.0727. The van der Waals surface area contributed by atoms with E-state index in [2.05, 4.69) is 0 Å². The van der Waals surface area contributed by atoms with Crippen LogP contribution in [0.3, 0.4) is 0 Å². The van der Waals surface area contributed by atoms with E-state index in [0.29, 0.717) is 6.61 Å². The van der Waals surface area contributed by atoms with Crippen molar-refractivity contribution in [1.82, 2.24) is 0 Å². The number of methoxy groups -OCH3 is 1. The Morgan fingerprint density at radius 2 is 0.967 bits per heavy atom. The molecule has 0 aromatic heterocycles. The summed E-state index contributed by atoms with van der Waals surface area (Å²) >= 11 is 0. The van der Waals surface area contributed by atoms with Crippen LogP contribution in [0.25, 0.3) is 0 Å². The van der Waals surface area contributed by atoms with Gasteiger partial charge in [0.15, 0.2) is 30.9 Å². The van der Waals surface area contributed by atoms with Crippen molar-refractivity contribution in [3.8, 4) is 0 Å². The van der Waals surface area contributed by atoms with Crippen LogP contribution in [-0.4, -0.2) is 99.6 Å². The number of carbonyl (C=O) groups is 3. The van der Waals surface area contributed by atoms with Crippen molar-refractivity contribution in [2.45, 2.75) is 109 Å². The maximum atomic E-state index is 12.5. The van der Waals surface area contributed by atoms with Gasteiger partial charge >= 0.3 is 17.9 Å². The molecule has 0 bridgehead atoms. The molecule has 0 spiro atoms. The van der Waals surface area contributed by atoms with Gasteiger partial charge in [0, 0.05) is 27.9 Å². The maximum absolute atomic E-state index is 12.5. The minimum absolute atomic E-state index is 0.132. The van der Waals surface area contributed by atoms with Gasteiger partial charge in [-0.15, -0.1) is 0 Å². The van der Waals surface area contributed by atoms with Crippen LogP contribution in [0.15, 0.2) is 121 Å². The smallest absolute Gasteiger partial charge is 0.303 e. The van der Waals surface area contributed by atoms with Crippen molar-refractivity contribution in [3.05, 3.63) is 144 Å². The molecule has 4 aromatic carbocycles. The fourth-order valence-corrected chi connectivity index (χ4v) is 7.23. The van der Waals surface area contributed by atoms with Gasteiger partial charge in [0.05, 0.1) is 39.6 Å². The van der Waals surface area contributed by atoms with Crippen LogP contribution in [0.5, 0.6) is 0 Å². The van der Waals surface area contributed by atoms with Gasteiger partial charge in [-0.05, 0) is 22.3 Å². The van der Waals surface area contributed by atoms with E-state index in [9.17, 15) is 14.4 Å². The lowest BCUT2D eigenvalue weighted by Gasteiger charge is -2.44. The lowest BCUT2D eigenvalue weighted by atomic mass is 9.98.